The summed E-state index contributed by atoms with van der Waals surface area (Å²) in [7, 11) is 2.99. The van der Waals surface area contributed by atoms with Crippen LogP contribution in [-0.2, 0) is 4.79 Å². The van der Waals surface area contributed by atoms with Crippen LogP contribution in [0.4, 0.5) is 5.95 Å². The quantitative estimate of drug-likeness (QED) is 0.850. The van der Waals surface area contributed by atoms with Gasteiger partial charge in [-0.3, -0.25) is 10.1 Å². The zero-order valence-electron chi connectivity index (χ0n) is 12.5. The molecule has 1 fully saturated rings. The predicted molar refractivity (Wildman–Crippen MR) is 78.3 cm³/mol. The number of anilines is 1. The van der Waals surface area contributed by atoms with Crippen LogP contribution in [0.1, 0.15) is 32.1 Å². The van der Waals surface area contributed by atoms with Gasteiger partial charge in [0.05, 0.1) is 25.7 Å². The fraction of sp³-hybridized carbons (Fsp3) is 0.643. The Bertz CT molecular complexity index is 479. The summed E-state index contributed by atoms with van der Waals surface area (Å²) in [6, 6.07) is 1.55. The molecule has 0 bridgehead atoms. The van der Waals surface area contributed by atoms with Crippen molar-refractivity contribution in [2.75, 3.05) is 26.1 Å². The van der Waals surface area contributed by atoms with Crippen LogP contribution in [-0.4, -0.2) is 36.6 Å². The number of rotatable bonds is 5. The summed E-state index contributed by atoms with van der Waals surface area (Å²) < 4.78 is 10.1. The van der Waals surface area contributed by atoms with Gasteiger partial charge in [0.1, 0.15) is 0 Å². The van der Waals surface area contributed by atoms with E-state index in [9.17, 15) is 4.79 Å². The topological polar surface area (TPSA) is 99.4 Å². The number of amides is 1. The van der Waals surface area contributed by atoms with Crippen LogP contribution in [0.3, 0.4) is 0 Å². The van der Waals surface area contributed by atoms with Crippen molar-refractivity contribution in [1.82, 2.24) is 9.97 Å². The predicted octanol–water partition coefficient (Wildman–Crippen LogP) is 1.34. The zero-order valence-corrected chi connectivity index (χ0v) is 12.5. The second-order valence-corrected chi connectivity index (χ2v) is 5.28. The monoisotopic (exact) mass is 294 g/mol. The minimum absolute atomic E-state index is 0.125. The second-order valence-electron chi connectivity index (χ2n) is 5.28. The van der Waals surface area contributed by atoms with Crippen LogP contribution >= 0.6 is 0 Å². The SMILES string of the molecule is COc1cc(OC)nc(NC(=O)C2(CN)CCCCC2)n1. The molecule has 0 aromatic carbocycles. The first-order chi connectivity index (χ1) is 10.1. The number of methoxy groups -OCH3 is 2. The van der Waals surface area contributed by atoms with E-state index in [4.69, 9.17) is 15.2 Å². The van der Waals surface area contributed by atoms with Gasteiger partial charge in [0, 0.05) is 6.54 Å². The molecule has 1 amide bonds. The van der Waals surface area contributed by atoms with Crippen molar-refractivity contribution in [1.29, 1.82) is 0 Å². The number of ether oxygens (including phenoxy) is 2. The highest BCUT2D eigenvalue weighted by Gasteiger charge is 2.38. The first-order valence-electron chi connectivity index (χ1n) is 7.12. The molecule has 0 spiro atoms. The van der Waals surface area contributed by atoms with Crippen LogP contribution in [0.25, 0.3) is 0 Å². The molecule has 7 nitrogen and oxygen atoms in total. The van der Waals surface area contributed by atoms with E-state index in [1.165, 1.54) is 14.2 Å². The minimum atomic E-state index is -0.516. The summed E-state index contributed by atoms with van der Waals surface area (Å²) in [4.78, 5) is 20.8. The van der Waals surface area contributed by atoms with Crippen LogP contribution in [0.5, 0.6) is 11.8 Å². The second kappa shape index (κ2) is 6.71. The first kappa shape index (κ1) is 15.5. The molecule has 1 heterocycles. The van der Waals surface area contributed by atoms with Gasteiger partial charge in [0.2, 0.25) is 23.6 Å². The summed E-state index contributed by atoms with van der Waals surface area (Å²) in [5.74, 6) is 0.722. The van der Waals surface area contributed by atoms with E-state index in [0.717, 1.165) is 32.1 Å². The van der Waals surface area contributed by atoms with Crippen molar-refractivity contribution in [2.24, 2.45) is 11.1 Å². The number of nitrogens with zero attached hydrogens (tertiary/aromatic N) is 2. The van der Waals surface area contributed by atoms with E-state index in [0.29, 0.717) is 18.3 Å². The fourth-order valence-corrected chi connectivity index (χ4v) is 2.66. The Hall–Kier alpha value is -1.89. The lowest BCUT2D eigenvalue weighted by Gasteiger charge is -2.34. The molecule has 0 radical (unpaired) electrons. The molecule has 3 N–H and O–H groups in total. The lowest BCUT2D eigenvalue weighted by Crippen LogP contribution is -2.44. The number of aromatic nitrogens is 2. The van der Waals surface area contributed by atoms with Gasteiger partial charge in [-0.05, 0) is 12.8 Å². The Morgan fingerprint density at radius 3 is 2.29 bits per heavy atom. The Labute approximate surface area is 124 Å². The maximum Gasteiger partial charge on any atom is 0.236 e. The molecular weight excluding hydrogens is 272 g/mol. The molecule has 1 aromatic rings. The summed E-state index contributed by atoms with van der Waals surface area (Å²) in [5.41, 5.74) is 5.34. The molecule has 0 aliphatic heterocycles. The van der Waals surface area contributed by atoms with Crippen molar-refractivity contribution in [2.45, 2.75) is 32.1 Å². The third kappa shape index (κ3) is 3.41. The van der Waals surface area contributed by atoms with E-state index < -0.39 is 5.41 Å². The van der Waals surface area contributed by atoms with E-state index in [2.05, 4.69) is 15.3 Å². The van der Waals surface area contributed by atoms with Gasteiger partial charge >= 0.3 is 0 Å². The lowest BCUT2D eigenvalue weighted by atomic mass is 9.73. The van der Waals surface area contributed by atoms with Gasteiger partial charge in [-0.1, -0.05) is 19.3 Å². The molecule has 116 valence electrons. The standard InChI is InChI=1S/C14H22N4O3/c1-20-10-8-11(21-2)17-13(16-10)18-12(19)14(9-15)6-4-3-5-7-14/h8H,3-7,9,15H2,1-2H3,(H,16,17,18,19). The normalized spacial score (nSPS) is 17.1. The molecule has 21 heavy (non-hydrogen) atoms. The Balaban J connectivity index is 2.18. The van der Waals surface area contributed by atoms with Crippen LogP contribution < -0.4 is 20.5 Å². The maximum atomic E-state index is 12.6. The molecule has 1 aliphatic rings. The molecule has 0 saturated heterocycles. The molecule has 1 aromatic heterocycles. The van der Waals surface area contributed by atoms with Crippen LogP contribution in [0.15, 0.2) is 6.07 Å². The van der Waals surface area contributed by atoms with E-state index in [-0.39, 0.29) is 11.9 Å². The van der Waals surface area contributed by atoms with Gasteiger partial charge in [-0.25, -0.2) is 0 Å². The Morgan fingerprint density at radius 2 is 1.81 bits per heavy atom. The minimum Gasteiger partial charge on any atom is -0.481 e. The number of carbonyl (C=O) groups is 1. The van der Waals surface area contributed by atoms with Crippen LogP contribution in [0, 0.1) is 5.41 Å². The van der Waals surface area contributed by atoms with Crippen molar-refractivity contribution in [3.63, 3.8) is 0 Å². The zero-order chi connectivity index (χ0) is 15.3. The molecular formula is C14H22N4O3. The average molecular weight is 294 g/mol. The summed E-state index contributed by atoms with van der Waals surface area (Å²) in [5, 5.41) is 2.75. The first-order valence-corrected chi connectivity index (χ1v) is 7.12. The molecule has 1 aliphatic carbocycles. The molecule has 0 unspecified atom stereocenters. The maximum absolute atomic E-state index is 12.6. The lowest BCUT2D eigenvalue weighted by molar-refractivity contribution is -0.126. The third-order valence-electron chi connectivity index (χ3n) is 4.01. The number of nitrogens with two attached hydrogens (primary N) is 1. The Morgan fingerprint density at radius 1 is 1.24 bits per heavy atom. The van der Waals surface area contributed by atoms with Crippen molar-refractivity contribution in [3.8, 4) is 11.8 Å². The molecule has 2 rings (SSSR count). The van der Waals surface area contributed by atoms with Crippen LogP contribution in [0.2, 0.25) is 0 Å². The summed E-state index contributed by atoms with van der Waals surface area (Å²) in [6.45, 7) is 0.333. The van der Waals surface area contributed by atoms with Gasteiger partial charge in [-0.15, -0.1) is 0 Å². The van der Waals surface area contributed by atoms with Crippen molar-refractivity contribution >= 4 is 11.9 Å². The highest BCUT2D eigenvalue weighted by Crippen LogP contribution is 2.36. The fourth-order valence-electron chi connectivity index (χ4n) is 2.66. The molecule has 1 saturated carbocycles. The van der Waals surface area contributed by atoms with Gasteiger partial charge in [-0.2, -0.15) is 9.97 Å². The number of hydrogen-bond donors (Lipinski definition) is 2. The average Bonchev–Trinajstić information content (AvgIpc) is 2.54. The van der Waals surface area contributed by atoms with Crippen molar-refractivity contribution in [3.05, 3.63) is 6.07 Å². The van der Waals surface area contributed by atoms with E-state index in [1.54, 1.807) is 6.07 Å². The third-order valence-corrected chi connectivity index (χ3v) is 4.01. The Kier molecular flexibility index (Phi) is 4.95. The number of nitrogens with one attached hydrogen (secondary N) is 1. The van der Waals surface area contributed by atoms with Gasteiger partial charge < -0.3 is 15.2 Å². The smallest absolute Gasteiger partial charge is 0.236 e. The highest BCUT2D eigenvalue weighted by atomic mass is 16.5. The van der Waals surface area contributed by atoms with E-state index in [1.807, 2.05) is 0 Å². The summed E-state index contributed by atoms with van der Waals surface area (Å²) >= 11 is 0. The molecule has 7 heteroatoms. The number of carbonyl (C=O) groups excluding carboxylic acids is 1. The van der Waals surface area contributed by atoms with Gasteiger partial charge in [0.25, 0.3) is 0 Å². The highest BCUT2D eigenvalue weighted by molar-refractivity contribution is 5.94. The molecule has 0 atom stereocenters. The summed E-state index contributed by atoms with van der Waals surface area (Å²) in [6.07, 6.45) is 4.80. The number of hydrogen-bond acceptors (Lipinski definition) is 6. The van der Waals surface area contributed by atoms with E-state index >= 15 is 0 Å². The van der Waals surface area contributed by atoms with Gasteiger partial charge in [0.15, 0.2) is 0 Å². The largest absolute Gasteiger partial charge is 0.481 e. The van der Waals surface area contributed by atoms with Crippen molar-refractivity contribution < 1.29 is 14.3 Å².